The molecular weight excluding hydrogens is 402 g/mol. The highest BCUT2D eigenvalue weighted by molar-refractivity contribution is 6.24. The fourth-order valence-electron chi connectivity index (χ4n) is 4.65. The van der Waals surface area contributed by atoms with Crippen LogP contribution in [0.2, 0.25) is 0 Å². The monoisotopic (exact) mass is 427 g/mol. The highest BCUT2D eigenvalue weighted by Gasteiger charge is 2.58. The zero-order valence-corrected chi connectivity index (χ0v) is 17.8. The van der Waals surface area contributed by atoms with E-state index in [2.05, 4.69) is 5.43 Å². The minimum Gasteiger partial charge on any atom is -0.494 e. The molecule has 6 heteroatoms. The van der Waals surface area contributed by atoms with Gasteiger partial charge in [-0.15, -0.1) is 0 Å². The first kappa shape index (κ1) is 20.4. The maximum absolute atomic E-state index is 13.6. The Hall–Kier alpha value is -3.48. The third-order valence-electron chi connectivity index (χ3n) is 6.08. The first-order chi connectivity index (χ1) is 15.7. The van der Waals surface area contributed by atoms with Crippen LogP contribution in [0.25, 0.3) is 0 Å². The second kappa shape index (κ2) is 8.57. The summed E-state index contributed by atoms with van der Waals surface area (Å²) in [6.45, 7) is 3.01. The Kier molecular flexibility index (Phi) is 5.47. The largest absolute Gasteiger partial charge is 0.494 e. The van der Waals surface area contributed by atoms with Crippen molar-refractivity contribution in [2.45, 2.75) is 25.6 Å². The Balaban J connectivity index is 1.50. The van der Waals surface area contributed by atoms with Gasteiger partial charge in [0.25, 0.3) is 5.91 Å². The van der Waals surface area contributed by atoms with Gasteiger partial charge in [0, 0.05) is 6.54 Å². The molecule has 0 radical (unpaired) electrons. The van der Waals surface area contributed by atoms with E-state index in [1.807, 2.05) is 72.6 Å². The number of hydrogen-bond donors (Lipinski definition) is 1. The normalized spacial score (nSPS) is 22.9. The van der Waals surface area contributed by atoms with Crippen molar-refractivity contribution < 1.29 is 14.3 Å². The minimum atomic E-state index is -0.570. The third kappa shape index (κ3) is 3.57. The first-order valence-electron chi connectivity index (χ1n) is 10.9. The lowest BCUT2D eigenvalue weighted by Gasteiger charge is -2.25. The molecule has 0 bridgehead atoms. The van der Waals surface area contributed by atoms with Gasteiger partial charge < -0.3 is 4.74 Å². The maximum Gasteiger partial charge on any atom is 0.253 e. The van der Waals surface area contributed by atoms with Crippen LogP contribution in [0, 0.1) is 5.92 Å². The lowest BCUT2D eigenvalue weighted by atomic mass is 9.91. The van der Waals surface area contributed by atoms with E-state index in [1.54, 1.807) is 24.3 Å². The molecule has 3 aromatic carbocycles. The van der Waals surface area contributed by atoms with Gasteiger partial charge in [-0.2, -0.15) is 0 Å². The number of ether oxygens (including phenoxy) is 1. The fourth-order valence-corrected chi connectivity index (χ4v) is 4.65. The molecule has 0 spiro atoms. The molecule has 2 aliphatic rings. The molecular formula is C26H25N3O3. The van der Waals surface area contributed by atoms with Crippen LogP contribution in [0.15, 0.2) is 84.9 Å². The summed E-state index contributed by atoms with van der Waals surface area (Å²) in [5.74, 6) is -0.169. The van der Waals surface area contributed by atoms with Crippen molar-refractivity contribution in [3.8, 4) is 5.75 Å². The highest BCUT2D eigenvalue weighted by Crippen LogP contribution is 2.42. The summed E-state index contributed by atoms with van der Waals surface area (Å²) in [5, 5.41) is 1.92. The van der Waals surface area contributed by atoms with Crippen LogP contribution in [0.3, 0.4) is 0 Å². The topological polar surface area (TPSA) is 61.9 Å². The van der Waals surface area contributed by atoms with Crippen LogP contribution in [-0.2, 0) is 16.1 Å². The lowest BCUT2D eigenvalue weighted by Crippen LogP contribution is -2.45. The van der Waals surface area contributed by atoms with Crippen LogP contribution in [0.4, 0.5) is 5.69 Å². The number of anilines is 1. The number of carbonyl (C=O) groups excluding carboxylic acids is 2. The number of carbonyl (C=O) groups is 2. The van der Waals surface area contributed by atoms with Gasteiger partial charge in [0.05, 0.1) is 24.3 Å². The number of amides is 2. The second-order valence-corrected chi connectivity index (χ2v) is 8.04. The van der Waals surface area contributed by atoms with E-state index >= 15 is 0 Å². The average molecular weight is 428 g/mol. The summed E-state index contributed by atoms with van der Waals surface area (Å²) >= 11 is 0. The van der Waals surface area contributed by atoms with Crippen LogP contribution in [-0.4, -0.2) is 29.5 Å². The Bertz CT molecular complexity index is 1100. The molecule has 0 unspecified atom stereocenters. The molecule has 1 N–H and O–H groups in total. The van der Waals surface area contributed by atoms with Crippen molar-refractivity contribution in [3.63, 3.8) is 0 Å². The number of fused-ring (bicyclic) bond motifs is 1. The summed E-state index contributed by atoms with van der Waals surface area (Å²) in [4.78, 5) is 28.5. The van der Waals surface area contributed by atoms with Crippen molar-refractivity contribution in [3.05, 3.63) is 96.1 Å². The smallest absolute Gasteiger partial charge is 0.253 e. The van der Waals surface area contributed by atoms with Gasteiger partial charge in [-0.1, -0.05) is 60.7 Å². The van der Waals surface area contributed by atoms with Crippen molar-refractivity contribution in [1.29, 1.82) is 0 Å². The van der Waals surface area contributed by atoms with E-state index in [0.717, 1.165) is 11.1 Å². The molecule has 0 aromatic heterocycles. The van der Waals surface area contributed by atoms with Gasteiger partial charge in [-0.05, 0) is 42.3 Å². The van der Waals surface area contributed by atoms with Gasteiger partial charge in [-0.25, -0.2) is 15.3 Å². The molecule has 2 aliphatic heterocycles. The number of nitrogens with zero attached hydrogens (tertiary/aromatic N) is 2. The summed E-state index contributed by atoms with van der Waals surface area (Å²) in [6, 6.07) is 26.1. The first-order valence-corrected chi connectivity index (χ1v) is 10.9. The molecule has 0 saturated carbocycles. The highest BCUT2D eigenvalue weighted by atomic mass is 16.5. The van der Waals surface area contributed by atoms with Crippen LogP contribution < -0.4 is 15.1 Å². The molecule has 32 heavy (non-hydrogen) atoms. The van der Waals surface area contributed by atoms with Gasteiger partial charge in [0.2, 0.25) is 5.91 Å². The van der Waals surface area contributed by atoms with E-state index in [1.165, 1.54) is 4.90 Å². The lowest BCUT2D eigenvalue weighted by molar-refractivity contribution is -0.124. The molecule has 162 valence electrons. The third-order valence-corrected chi connectivity index (χ3v) is 6.08. The summed E-state index contributed by atoms with van der Waals surface area (Å²) in [6.07, 6.45) is 0. The van der Waals surface area contributed by atoms with E-state index in [4.69, 9.17) is 4.74 Å². The predicted octanol–water partition coefficient (Wildman–Crippen LogP) is 3.71. The van der Waals surface area contributed by atoms with Gasteiger partial charge >= 0.3 is 0 Å². The zero-order chi connectivity index (χ0) is 22.1. The van der Waals surface area contributed by atoms with Gasteiger partial charge in [0.15, 0.2) is 0 Å². The Morgan fingerprint density at radius 3 is 2.16 bits per heavy atom. The predicted molar refractivity (Wildman–Crippen MR) is 122 cm³/mol. The minimum absolute atomic E-state index is 0.180. The molecule has 6 nitrogen and oxygen atoms in total. The van der Waals surface area contributed by atoms with Crippen molar-refractivity contribution in [1.82, 2.24) is 10.4 Å². The fraction of sp³-hybridized carbons (Fsp3) is 0.231. The number of hydrazine groups is 1. The van der Waals surface area contributed by atoms with Gasteiger partial charge in [0.1, 0.15) is 11.8 Å². The Labute approximate surface area is 187 Å². The number of imide groups is 1. The Morgan fingerprint density at radius 2 is 1.50 bits per heavy atom. The summed E-state index contributed by atoms with van der Waals surface area (Å²) < 4.78 is 5.50. The molecule has 2 saturated heterocycles. The molecule has 2 amide bonds. The zero-order valence-electron chi connectivity index (χ0n) is 17.8. The second-order valence-electron chi connectivity index (χ2n) is 8.04. The summed E-state index contributed by atoms with van der Waals surface area (Å²) in [5.41, 5.74) is 6.10. The summed E-state index contributed by atoms with van der Waals surface area (Å²) in [7, 11) is 0. The van der Waals surface area contributed by atoms with Crippen molar-refractivity contribution >= 4 is 17.5 Å². The van der Waals surface area contributed by atoms with Crippen LogP contribution in [0.1, 0.15) is 24.1 Å². The maximum atomic E-state index is 13.6. The number of rotatable bonds is 6. The molecule has 0 aliphatic carbocycles. The number of nitrogens with one attached hydrogen (secondary N) is 1. The quantitative estimate of drug-likeness (QED) is 0.608. The molecule has 2 fully saturated rings. The Morgan fingerprint density at radius 1 is 0.844 bits per heavy atom. The van der Waals surface area contributed by atoms with Crippen LogP contribution >= 0.6 is 0 Å². The average Bonchev–Trinajstić information content (AvgIpc) is 3.32. The van der Waals surface area contributed by atoms with E-state index in [9.17, 15) is 9.59 Å². The molecule has 3 atom stereocenters. The van der Waals surface area contributed by atoms with Crippen LogP contribution in [0.5, 0.6) is 5.75 Å². The SMILES string of the molecule is CCOc1ccc(N2C(=O)[C@H]3[C@@H](C2=O)N(Cc2ccccc2)N[C@H]3c2ccccc2)cc1. The number of hydrogen-bond acceptors (Lipinski definition) is 5. The van der Waals surface area contributed by atoms with E-state index < -0.39 is 12.0 Å². The molecule has 5 rings (SSSR count). The number of benzene rings is 3. The van der Waals surface area contributed by atoms with E-state index in [-0.39, 0.29) is 17.9 Å². The molecule has 3 aromatic rings. The standard InChI is InChI=1S/C26H25N3O3/c1-2-32-21-15-13-20(14-16-21)29-25(30)22-23(19-11-7-4-8-12-19)27-28(24(22)26(29)31)17-18-9-5-3-6-10-18/h3-16,22-24,27H,2,17H2,1H3/t22-,23+,24+/m1/s1. The molecule has 2 heterocycles. The van der Waals surface area contributed by atoms with Crippen molar-refractivity contribution in [2.24, 2.45) is 5.92 Å². The van der Waals surface area contributed by atoms with E-state index in [0.29, 0.717) is 24.6 Å². The van der Waals surface area contributed by atoms with Gasteiger partial charge in [-0.3, -0.25) is 9.59 Å². The van der Waals surface area contributed by atoms with Crippen molar-refractivity contribution in [2.75, 3.05) is 11.5 Å².